The van der Waals surface area contributed by atoms with E-state index in [1.54, 1.807) is 20.8 Å². The quantitative estimate of drug-likeness (QED) is 0.741. The van der Waals surface area contributed by atoms with Gasteiger partial charge in [-0.05, 0) is 45.9 Å². The molecule has 0 aliphatic heterocycles. The third kappa shape index (κ3) is 6.53. The molecule has 1 aromatic carbocycles. The van der Waals surface area contributed by atoms with Crippen LogP contribution < -0.4 is 16.0 Å². The Kier molecular flexibility index (Phi) is 6.27. The summed E-state index contributed by atoms with van der Waals surface area (Å²) in [7, 11) is 0. The Hall–Kier alpha value is -3.23. The number of alkyl carbamates (subject to hydrolysis) is 1. The van der Waals surface area contributed by atoms with Crippen molar-refractivity contribution < 1.29 is 18.7 Å². The van der Waals surface area contributed by atoms with Crippen molar-refractivity contribution in [2.75, 3.05) is 10.6 Å². The highest BCUT2D eigenvalue weighted by Gasteiger charge is 2.21. The highest BCUT2D eigenvalue weighted by molar-refractivity contribution is 5.99. The predicted octanol–water partition coefficient (Wildman–Crippen LogP) is 3.21. The number of benzene rings is 1. The molecule has 1 atom stereocenters. The Balaban J connectivity index is 2.07. The van der Waals surface area contributed by atoms with Crippen molar-refractivity contribution in [1.29, 1.82) is 0 Å². The van der Waals surface area contributed by atoms with Gasteiger partial charge in [-0.25, -0.2) is 14.2 Å². The molecule has 2 amide bonds. The molecule has 0 fully saturated rings. The van der Waals surface area contributed by atoms with Crippen LogP contribution in [0.3, 0.4) is 0 Å². The van der Waals surface area contributed by atoms with Gasteiger partial charge < -0.3 is 20.7 Å². The van der Waals surface area contributed by atoms with E-state index in [0.717, 1.165) is 0 Å². The summed E-state index contributed by atoms with van der Waals surface area (Å²) < 4.78 is 18.7. The van der Waals surface area contributed by atoms with E-state index >= 15 is 0 Å². The zero-order valence-electron chi connectivity index (χ0n) is 15.5. The van der Waals surface area contributed by atoms with Crippen LogP contribution in [0.5, 0.6) is 0 Å². The maximum atomic E-state index is 13.6. The van der Waals surface area contributed by atoms with E-state index in [-0.39, 0.29) is 0 Å². The summed E-state index contributed by atoms with van der Waals surface area (Å²) >= 11 is 0. The number of halogens is 1. The van der Waals surface area contributed by atoms with Gasteiger partial charge in [0.2, 0.25) is 5.91 Å². The number of amides is 2. The van der Waals surface area contributed by atoms with E-state index in [1.165, 1.54) is 43.7 Å². The molecule has 2 aromatic rings. The number of aromatic nitrogens is 2. The second-order valence-electron chi connectivity index (χ2n) is 6.76. The molecule has 0 saturated carbocycles. The maximum Gasteiger partial charge on any atom is 0.408 e. The van der Waals surface area contributed by atoms with Gasteiger partial charge in [-0.3, -0.25) is 9.78 Å². The molecule has 1 unspecified atom stereocenters. The largest absolute Gasteiger partial charge is 0.444 e. The molecule has 0 aliphatic rings. The van der Waals surface area contributed by atoms with Gasteiger partial charge >= 0.3 is 6.09 Å². The van der Waals surface area contributed by atoms with Crippen molar-refractivity contribution >= 4 is 29.2 Å². The van der Waals surface area contributed by atoms with Crippen molar-refractivity contribution in [3.63, 3.8) is 0 Å². The minimum absolute atomic E-state index is 0.299. The summed E-state index contributed by atoms with van der Waals surface area (Å²) in [6.07, 6.45) is 3.74. The summed E-state index contributed by atoms with van der Waals surface area (Å²) in [5, 5.41) is 7.98. The molecule has 27 heavy (non-hydrogen) atoms. The number of nitrogens with zero attached hydrogens (tertiary/aromatic N) is 2. The number of carbonyl (C=O) groups is 2. The van der Waals surface area contributed by atoms with Crippen LogP contribution in [0.1, 0.15) is 27.7 Å². The molecule has 0 saturated heterocycles. The molecule has 2 rings (SSSR count). The third-order valence-corrected chi connectivity index (χ3v) is 3.19. The standard InChI is InChI=1S/C18H22FN5O3/c1-11(22-17(26)27-18(2,3)4)16(25)24-13-6-5-12(19)9-14(13)23-15-10-20-7-8-21-15/h5-11H,1-4H3,(H,21,23)(H,22,26)(H,24,25). The fraction of sp³-hybridized carbons (Fsp3) is 0.333. The lowest BCUT2D eigenvalue weighted by Crippen LogP contribution is -2.44. The zero-order valence-corrected chi connectivity index (χ0v) is 15.5. The van der Waals surface area contributed by atoms with Crippen LogP contribution in [0.25, 0.3) is 0 Å². The van der Waals surface area contributed by atoms with Crippen LogP contribution in [-0.4, -0.2) is 33.6 Å². The Labute approximate surface area is 156 Å². The SMILES string of the molecule is CC(NC(=O)OC(C)(C)C)C(=O)Nc1ccc(F)cc1Nc1cnccn1. The van der Waals surface area contributed by atoms with Gasteiger partial charge in [0, 0.05) is 12.4 Å². The molecule has 1 heterocycles. The van der Waals surface area contributed by atoms with Gasteiger partial charge in [0.25, 0.3) is 0 Å². The van der Waals surface area contributed by atoms with Crippen LogP contribution in [0.15, 0.2) is 36.8 Å². The number of hydrogen-bond acceptors (Lipinski definition) is 6. The van der Waals surface area contributed by atoms with Crippen molar-refractivity contribution in [3.05, 3.63) is 42.6 Å². The normalized spacial score (nSPS) is 12.0. The van der Waals surface area contributed by atoms with Gasteiger partial charge in [0.05, 0.1) is 17.6 Å². The zero-order chi connectivity index (χ0) is 20.0. The lowest BCUT2D eigenvalue weighted by molar-refractivity contribution is -0.117. The average Bonchev–Trinajstić information content (AvgIpc) is 2.56. The predicted molar refractivity (Wildman–Crippen MR) is 99.2 cm³/mol. The highest BCUT2D eigenvalue weighted by Crippen LogP contribution is 2.25. The number of hydrogen-bond donors (Lipinski definition) is 3. The molecule has 0 aliphatic carbocycles. The second-order valence-corrected chi connectivity index (χ2v) is 6.76. The van der Waals surface area contributed by atoms with Gasteiger partial charge in [-0.15, -0.1) is 0 Å². The fourth-order valence-corrected chi connectivity index (χ4v) is 2.02. The maximum absolute atomic E-state index is 13.6. The molecule has 0 spiro atoms. The third-order valence-electron chi connectivity index (χ3n) is 3.19. The Morgan fingerprint density at radius 3 is 2.56 bits per heavy atom. The van der Waals surface area contributed by atoms with E-state index < -0.39 is 29.5 Å². The number of ether oxygens (including phenoxy) is 1. The van der Waals surface area contributed by atoms with Crippen molar-refractivity contribution in [1.82, 2.24) is 15.3 Å². The van der Waals surface area contributed by atoms with Gasteiger partial charge in [-0.2, -0.15) is 0 Å². The fourth-order valence-electron chi connectivity index (χ4n) is 2.02. The second kappa shape index (κ2) is 8.43. The van der Waals surface area contributed by atoms with Gasteiger partial charge in [-0.1, -0.05) is 0 Å². The topological polar surface area (TPSA) is 105 Å². The van der Waals surface area contributed by atoms with E-state index in [1.807, 2.05) is 0 Å². The Morgan fingerprint density at radius 1 is 1.19 bits per heavy atom. The molecule has 144 valence electrons. The first-order valence-corrected chi connectivity index (χ1v) is 8.27. The summed E-state index contributed by atoms with van der Waals surface area (Å²) in [6, 6.07) is 2.97. The Bertz CT molecular complexity index is 808. The molecule has 3 N–H and O–H groups in total. The minimum atomic E-state index is -0.866. The lowest BCUT2D eigenvalue weighted by atomic mass is 10.2. The molecule has 1 aromatic heterocycles. The number of nitrogens with one attached hydrogen (secondary N) is 3. The summed E-state index contributed by atoms with van der Waals surface area (Å²) in [5.41, 5.74) is -0.0522. The van der Waals surface area contributed by atoms with Gasteiger partial charge in [0.1, 0.15) is 23.3 Å². The first kappa shape index (κ1) is 20.1. The van der Waals surface area contributed by atoms with Crippen LogP contribution in [0.2, 0.25) is 0 Å². The molecule has 0 radical (unpaired) electrons. The van der Waals surface area contributed by atoms with Crippen LogP contribution in [0, 0.1) is 5.82 Å². The molecular weight excluding hydrogens is 353 g/mol. The van der Waals surface area contributed by atoms with Crippen LogP contribution >= 0.6 is 0 Å². The van der Waals surface area contributed by atoms with Crippen LogP contribution in [0.4, 0.5) is 26.4 Å². The molecule has 0 bridgehead atoms. The van der Waals surface area contributed by atoms with E-state index in [0.29, 0.717) is 17.2 Å². The van der Waals surface area contributed by atoms with Crippen LogP contribution in [-0.2, 0) is 9.53 Å². The molecular formula is C18H22FN5O3. The van der Waals surface area contributed by atoms with E-state index in [2.05, 4.69) is 25.9 Å². The molecule has 9 heteroatoms. The minimum Gasteiger partial charge on any atom is -0.444 e. The summed E-state index contributed by atoms with van der Waals surface area (Å²) in [6.45, 7) is 6.68. The van der Waals surface area contributed by atoms with Crippen molar-refractivity contribution in [3.8, 4) is 0 Å². The van der Waals surface area contributed by atoms with Gasteiger partial charge in [0.15, 0.2) is 0 Å². The smallest absolute Gasteiger partial charge is 0.408 e. The van der Waals surface area contributed by atoms with Crippen molar-refractivity contribution in [2.24, 2.45) is 0 Å². The number of anilines is 3. The lowest BCUT2D eigenvalue weighted by Gasteiger charge is -2.22. The van der Waals surface area contributed by atoms with E-state index in [4.69, 9.17) is 4.74 Å². The number of rotatable bonds is 5. The average molecular weight is 375 g/mol. The first-order chi connectivity index (χ1) is 12.6. The highest BCUT2D eigenvalue weighted by atomic mass is 19.1. The van der Waals surface area contributed by atoms with E-state index in [9.17, 15) is 14.0 Å². The first-order valence-electron chi connectivity index (χ1n) is 8.27. The summed E-state index contributed by atoms with van der Waals surface area (Å²) in [5.74, 6) is -0.590. The monoisotopic (exact) mass is 375 g/mol. The summed E-state index contributed by atoms with van der Waals surface area (Å²) in [4.78, 5) is 32.1. The number of carbonyl (C=O) groups excluding carboxylic acids is 2. The molecule has 8 nitrogen and oxygen atoms in total. The Morgan fingerprint density at radius 2 is 1.93 bits per heavy atom. The van der Waals surface area contributed by atoms with Crippen molar-refractivity contribution in [2.45, 2.75) is 39.3 Å².